The summed E-state index contributed by atoms with van der Waals surface area (Å²) >= 11 is 12.7. The maximum atomic E-state index is 12.0. The van der Waals surface area contributed by atoms with Gasteiger partial charge in [0.1, 0.15) is 10.0 Å². The number of benzene rings is 1. The molecule has 1 aromatic heterocycles. The molecule has 0 saturated carbocycles. The molecule has 2 N–H and O–H groups in total. The van der Waals surface area contributed by atoms with Crippen molar-refractivity contribution in [3.63, 3.8) is 0 Å². The monoisotopic (exact) mass is 437 g/mol. The number of sulfone groups is 1. The van der Waals surface area contributed by atoms with Crippen LogP contribution in [0.4, 0.5) is 11.4 Å². The highest BCUT2D eigenvalue weighted by atomic mass is 35.5. The van der Waals surface area contributed by atoms with E-state index in [4.69, 9.17) is 23.2 Å². The molecule has 1 aromatic carbocycles. The van der Waals surface area contributed by atoms with Crippen molar-refractivity contribution in [2.45, 2.75) is 4.90 Å². The minimum absolute atomic E-state index is 0.146. The van der Waals surface area contributed by atoms with Crippen molar-refractivity contribution in [3.8, 4) is 0 Å². The minimum atomic E-state index is -3.56. The third-order valence-electron chi connectivity index (χ3n) is 3.22. The zero-order valence-corrected chi connectivity index (χ0v) is 16.4. The van der Waals surface area contributed by atoms with E-state index in [-0.39, 0.29) is 39.3 Å². The van der Waals surface area contributed by atoms with E-state index >= 15 is 0 Å². The lowest BCUT2D eigenvalue weighted by Crippen LogP contribution is -2.28. The first-order chi connectivity index (χ1) is 12.1. The van der Waals surface area contributed by atoms with E-state index in [0.29, 0.717) is 4.34 Å². The lowest BCUT2D eigenvalue weighted by Gasteiger charge is -2.09. The van der Waals surface area contributed by atoms with Gasteiger partial charge in [0.25, 0.3) is 11.6 Å². The second-order valence-corrected chi connectivity index (χ2v) is 9.43. The number of thiophene rings is 1. The molecule has 12 heteroatoms. The lowest BCUT2D eigenvalue weighted by atomic mass is 10.2. The van der Waals surface area contributed by atoms with Gasteiger partial charge < -0.3 is 10.6 Å². The number of nitrogens with one attached hydrogen (secondary N) is 2. The van der Waals surface area contributed by atoms with Gasteiger partial charge in [0.2, 0.25) is 0 Å². The van der Waals surface area contributed by atoms with Crippen molar-refractivity contribution < 1.29 is 18.1 Å². The van der Waals surface area contributed by atoms with Crippen molar-refractivity contribution in [3.05, 3.63) is 48.6 Å². The van der Waals surface area contributed by atoms with Crippen LogP contribution >= 0.6 is 34.5 Å². The fourth-order valence-electron chi connectivity index (χ4n) is 2.01. The number of carbonyl (C=O) groups is 1. The number of rotatable bonds is 7. The van der Waals surface area contributed by atoms with Crippen LogP contribution in [0.5, 0.6) is 0 Å². The van der Waals surface area contributed by atoms with Gasteiger partial charge in [-0.2, -0.15) is 0 Å². The zero-order valence-electron chi connectivity index (χ0n) is 13.3. The normalized spacial score (nSPS) is 11.2. The third kappa shape index (κ3) is 5.07. The molecular formula is C14H13Cl2N3O5S2. The number of carbonyl (C=O) groups excluding carboxylic acids is 1. The Labute approximate surface area is 163 Å². The Kier molecular flexibility index (Phi) is 6.45. The molecule has 0 radical (unpaired) electrons. The molecule has 2 aromatic rings. The van der Waals surface area contributed by atoms with Crippen LogP contribution in [-0.4, -0.2) is 38.6 Å². The number of nitro groups is 1. The number of halogens is 2. The Morgan fingerprint density at radius 3 is 2.50 bits per heavy atom. The van der Waals surface area contributed by atoms with Gasteiger partial charge in [-0.05, 0) is 18.2 Å². The molecule has 26 heavy (non-hydrogen) atoms. The van der Waals surface area contributed by atoms with Crippen molar-refractivity contribution in [2.75, 3.05) is 24.7 Å². The van der Waals surface area contributed by atoms with Gasteiger partial charge in [0.15, 0.2) is 9.84 Å². The first-order valence-corrected chi connectivity index (χ1v) is 10.5. The molecule has 1 heterocycles. The molecular weight excluding hydrogens is 425 g/mol. The van der Waals surface area contributed by atoms with Crippen molar-refractivity contribution in [2.24, 2.45) is 0 Å². The first-order valence-electron chi connectivity index (χ1n) is 7.05. The molecule has 140 valence electrons. The van der Waals surface area contributed by atoms with Crippen LogP contribution in [0.3, 0.4) is 0 Å². The summed E-state index contributed by atoms with van der Waals surface area (Å²) in [6, 6.07) is 5.03. The van der Waals surface area contributed by atoms with Crippen molar-refractivity contribution in [1.29, 1.82) is 0 Å². The SMILES string of the molecule is CS(=O)(=O)c1ccc(NCCNC(=O)c2cc(Cl)sc2Cl)c([N+](=O)[O-])c1. The van der Waals surface area contributed by atoms with E-state index in [0.717, 1.165) is 23.7 Å². The molecule has 2 rings (SSSR count). The molecule has 0 atom stereocenters. The Balaban J connectivity index is 2.00. The number of anilines is 1. The molecule has 0 aliphatic rings. The number of hydrogen-bond acceptors (Lipinski definition) is 7. The number of hydrogen-bond donors (Lipinski definition) is 2. The molecule has 0 bridgehead atoms. The van der Waals surface area contributed by atoms with Crippen LogP contribution in [0.25, 0.3) is 0 Å². The number of amides is 1. The maximum Gasteiger partial charge on any atom is 0.293 e. The van der Waals surface area contributed by atoms with Crippen LogP contribution in [0.2, 0.25) is 8.67 Å². The van der Waals surface area contributed by atoms with E-state index in [1.54, 1.807) is 0 Å². The molecule has 8 nitrogen and oxygen atoms in total. The lowest BCUT2D eigenvalue weighted by molar-refractivity contribution is -0.384. The van der Waals surface area contributed by atoms with Gasteiger partial charge >= 0.3 is 0 Å². The minimum Gasteiger partial charge on any atom is -0.378 e. The summed E-state index contributed by atoms with van der Waals surface area (Å²) in [5, 5.41) is 16.5. The molecule has 0 spiro atoms. The van der Waals surface area contributed by atoms with Crippen LogP contribution in [0.15, 0.2) is 29.2 Å². The summed E-state index contributed by atoms with van der Waals surface area (Å²) in [6.07, 6.45) is 0.969. The summed E-state index contributed by atoms with van der Waals surface area (Å²) in [7, 11) is -3.56. The topological polar surface area (TPSA) is 118 Å². The van der Waals surface area contributed by atoms with E-state index < -0.39 is 20.7 Å². The Bertz CT molecular complexity index is 959. The Morgan fingerprint density at radius 1 is 1.27 bits per heavy atom. The van der Waals surface area contributed by atoms with Crippen LogP contribution in [0, 0.1) is 10.1 Å². The molecule has 0 fully saturated rings. The molecule has 0 aliphatic heterocycles. The Hall–Kier alpha value is -1.88. The third-order valence-corrected chi connectivity index (χ3v) is 5.82. The Morgan fingerprint density at radius 2 is 1.96 bits per heavy atom. The van der Waals surface area contributed by atoms with Gasteiger partial charge in [-0.3, -0.25) is 14.9 Å². The van der Waals surface area contributed by atoms with E-state index in [9.17, 15) is 23.3 Å². The van der Waals surface area contributed by atoms with Crippen LogP contribution in [-0.2, 0) is 9.84 Å². The maximum absolute atomic E-state index is 12.0. The van der Waals surface area contributed by atoms with Crippen molar-refractivity contribution in [1.82, 2.24) is 5.32 Å². The first kappa shape index (κ1) is 20.4. The van der Waals surface area contributed by atoms with E-state index in [1.165, 1.54) is 18.2 Å². The van der Waals surface area contributed by atoms with Gasteiger partial charge in [0, 0.05) is 25.4 Å². The predicted octanol–water partition coefficient (Wildman–Crippen LogP) is 3.21. The predicted molar refractivity (Wildman–Crippen MR) is 101 cm³/mol. The summed E-state index contributed by atoms with van der Waals surface area (Å²) in [6.45, 7) is 0.341. The average Bonchev–Trinajstić information content (AvgIpc) is 2.88. The summed E-state index contributed by atoms with van der Waals surface area (Å²) in [5.41, 5.74) is 0.0327. The van der Waals surface area contributed by atoms with Crippen molar-refractivity contribution >= 4 is 61.7 Å². The fourth-order valence-corrected chi connectivity index (χ4v) is 4.11. The van der Waals surface area contributed by atoms with E-state index in [1.807, 2.05) is 0 Å². The number of nitro benzene ring substituents is 1. The van der Waals surface area contributed by atoms with Crippen LogP contribution < -0.4 is 10.6 Å². The summed E-state index contributed by atoms with van der Waals surface area (Å²) < 4.78 is 23.7. The van der Waals surface area contributed by atoms with Gasteiger partial charge in [0.05, 0.1) is 19.7 Å². The highest BCUT2D eigenvalue weighted by Gasteiger charge is 2.19. The van der Waals surface area contributed by atoms with Gasteiger partial charge in [-0.25, -0.2) is 8.42 Å². The molecule has 1 amide bonds. The summed E-state index contributed by atoms with van der Waals surface area (Å²) in [5.74, 6) is -0.415. The second kappa shape index (κ2) is 8.21. The second-order valence-electron chi connectivity index (χ2n) is 5.13. The molecule has 0 unspecified atom stereocenters. The molecule has 0 aliphatic carbocycles. The zero-order chi connectivity index (χ0) is 19.5. The van der Waals surface area contributed by atoms with Gasteiger partial charge in [-0.15, -0.1) is 11.3 Å². The largest absolute Gasteiger partial charge is 0.378 e. The fraction of sp³-hybridized carbons (Fsp3) is 0.214. The van der Waals surface area contributed by atoms with E-state index in [2.05, 4.69) is 10.6 Å². The highest BCUT2D eigenvalue weighted by molar-refractivity contribution is 7.90. The number of nitrogens with zero attached hydrogens (tertiary/aromatic N) is 1. The highest BCUT2D eigenvalue weighted by Crippen LogP contribution is 2.31. The standard InChI is InChI=1S/C14H13Cl2N3O5S2/c1-26(23,24)8-2-3-10(11(6-8)19(21)22)17-4-5-18-14(20)9-7-12(15)25-13(9)16/h2-3,6-7,17H,4-5H2,1H3,(H,18,20). The molecule has 0 saturated heterocycles. The van der Waals surface area contributed by atoms with Crippen LogP contribution in [0.1, 0.15) is 10.4 Å². The smallest absolute Gasteiger partial charge is 0.293 e. The summed E-state index contributed by atoms with van der Waals surface area (Å²) in [4.78, 5) is 22.3. The quantitative estimate of drug-likeness (QED) is 0.389. The van der Waals surface area contributed by atoms with Gasteiger partial charge in [-0.1, -0.05) is 23.2 Å². The average molecular weight is 438 g/mol.